The van der Waals surface area contributed by atoms with E-state index in [4.69, 9.17) is 0 Å². The van der Waals surface area contributed by atoms with Gasteiger partial charge in [-0.2, -0.15) is 0 Å². The van der Waals surface area contributed by atoms with Crippen LogP contribution in [0.2, 0.25) is 0 Å². The SMILES string of the molecule is C=NCCCNCCCNC. The predicted octanol–water partition coefficient (Wildman–Crippen LogP) is 0.276. The Bertz CT molecular complexity index is 83.4. The first kappa shape index (κ1) is 10.6. The van der Waals surface area contributed by atoms with Gasteiger partial charge in [0.2, 0.25) is 0 Å². The van der Waals surface area contributed by atoms with Gasteiger partial charge < -0.3 is 15.6 Å². The fourth-order valence-electron chi connectivity index (χ4n) is 0.831. The minimum absolute atomic E-state index is 0.874. The lowest BCUT2D eigenvalue weighted by molar-refractivity contribution is 0.610. The molecule has 0 saturated carbocycles. The molecule has 0 rings (SSSR count). The number of nitrogens with zero attached hydrogens (tertiary/aromatic N) is 1. The van der Waals surface area contributed by atoms with E-state index >= 15 is 0 Å². The molecule has 0 heterocycles. The van der Waals surface area contributed by atoms with Crippen LogP contribution in [0, 0.1) is 0 Å². The molecule has 3 nitrogen and oxygen atoms in total. The zero-order chi connectivity index (χ0) is 8.36. The van der Waals surface area contributed by atoms with Gasteiger partial charge in [-0.1, -0.05) is 0 Å². The van der Waals surface area contributed by atoms with Crippen LogP contribution in [0.25, 0.3) is 0 Å². The fraction of sp³-hybridized carbons (Fsp3) is 0.875. The van der Waals surface area contributed by atoms with Crippen molar-refractivity contribution in [2.45, 2.75) is 12.8 Å². The van der Waals surface area contributed by atoms with Crippen molar-refractivity contribution in [1.82, 2.24) is 10.6 Å². The van der Waals surface area contributed by atoms with Crippen molar-refractivity contribution < 1.29 is 0 Å². The molecular weight excluding hydrogens is 138 g/mol. The number of rotatable bonds is 8. The van der Waals surface area contributed by atoms with Gasteiger partial charge in [-0.25, -0.2) is 0 Å². The third-order valence-electron chi connectivity index (χ3n) is 1.45. The number of hydrogen-bond acceptors (Lipinski definition) is 3. The molecule has 11 heavy (non-hydrogen) atoms. The van der Waals surface area contributed by atoms with Crippen molar-refractivity contribution in [3.8, 4) is 0 Å². The second-order valence-electron chi connectivity index (χ2n) is 2.51. The highest BCUT2D eigenvalue weighted by Crippen LogP contribution is 1.77. The number of aliphatic imine (C=N–C) groups is 1. The minimum Gasteiger partial charge on any atom is -0.320 e. The van der Waals surface area contributed by atoms with E-state index in [0.29, 0.717) is 0 Å². The maximum absolute atomic E-state index is 3.77. The van der Waals surface area contributed by atoms with Gasteiger partial charge in [0, 0.05) is 6.54 Å². The van der Waals surface area contributed by atoms with E-state index in [1.54, 1.807) is 0 Å². The molecule has 0 aliphatic heterocycles. The zero-order valence-electron chi connectivity index (χ0n) is 7.40. The second kappa shape index (κ2) is 9.59. The van der Waals surface area contributed by atoms with Gasteiger partial charge in [0.25, 0.3) is 0 Å². The average molecular weight is 157 g/mol. The van der Waals surface area contributed by atoms with E-state index in [2.05, 4.69) is 22.3 Å². The standard InChI is InChI=1S/C8H19N3/c1-9-5-3-7-11-8-4-6-10-2/h10-11H,1,3-8H2,2H3. The van der Waals surface area contributed by atoms with E-state index in [-0.39, 0.29) is 0 Å². The zero-order valence-corrected chi connectivity index (χ0v) is 7.40. The van der Waals surface area contributed by atoms with Crippen molar-refractivity contribution in [3.05, 3.63) is 0 Å². The second-order valence-corrected chi connectivity index (χ2v) is 2.51. The fourth-order valence-corrected chi connectivity index (χ4v) is 0.831. The molecule has 0 unspecified atom stereocenters. The van der Waals surface area contributed by atoms with Gasteiger partial charge in [0.05, 0.1) is 0 Å². The van der Waals surface area contributed by atoms with E-state index < -0.39 is 0 Å². The van der Waals surface area contributed by atoms with Gasteiger partial charge in [-0.15, -0.1) is 0 Å². The molecular formula is C8H19N3. The van der Waals surface area contributed by atoms with Crippen LogP contribution >= 0.6 is 0 Å². The Morgan fingerprint density at radius 2 is 1.91 bits per heavy atom. The first-order chi connectivity index (χ1) is 5.41. The molecule has 0 aromatic rings. The van der Waals surface area contributed by atoms with Crippen LogP contribution in [0.15, 0.2) is 4.99 Å². The van der Waals surface area contributed by atoms with E-state index in [0.717, 1.165) is 32.6 Å². The van der Waals surface area contributed by atoms with Crippen LogP contribution < -0.4 is 10.6 Å². The lowest BCUT2D eigenvalue weighted by atomic mass is 10.4. The van der Waals surface area contributed by atoms with Gasteiger partial charge in [0.1, 0.15) is 0 Å². The molecule has 0 aromatic heterocycles. The lowest BCUT2D eigenvalue weighted by Crippen LogP contribution is -2.21. The largest absolute Gasteiger partial charge is 0.320 e. The molecule has 0 saturated heterocycles. The third-order valence-corrected chi connectivity index (χ3v) is 1.45. The summed E-state index contributed by atoms with van der Waals surface area (Å²) in [6.07, 6.45) is 2.29. The molecule has 2 N–H and O–H groups in total. The third kappa shape index (κ3) is 9.59. The molecule has 0 aliphatic rings. The monoisotopic (exact) mass is 157 g/mol. The quantitative estimate of drug-likeness (QED) is 0.392. The molecule has 0 amide bonds. The Kier molecular flexibility index (Phi) is 9.23. The van der Waals surface area contributed by atoms with Crippen molar-refractivity contribution >= 4 is 6.72 Å². The molecule has 3 heteroatoms. The van der Waals surface area contributed by atoms with Gasteiger partial charge in [-0.05, 0) is 46.2 Å². The Morgan fingerprint density at radius 3 is 2.55 bits per heavy atom. The summed E-state index contributed by atoms with van der Waals surface area (Å²) in [7, 11) is 1.97. The van der Waals surface area contributed by atoms with Crippen LogP contribution in [0.3, 0.4) is 0 Å². The lowest BCUT2D eigenvalue weighted by Gasteiger charge is -2.02. The van der Waals surface area contributed by atoms with E-state index in [9.17, 15) is 0 Å². The highest BCUT2D eigenvalue weighted by molar-refractivity contribution is 5.22. The molecule has 0 aliphatic carbocycles. The summed E-state index contributed by atoms with van der Waals surface area (Å²) in [4.78, 5) is 3.77. The Balaban J connectivity index is 2.74. The highest BCUT2D eigenvalue weighted by atomic mass is 14.9. The van der Waals surface area contributed by atoms with Crippen molar-refractivity contribution in [3.63, 3.8) is 0 Å². The van der Waals surface area contributed by atoms with E-state index in [1.807, 2.05) is 7.05 Å². The Hall–Kier alpha value is -0.410. The molecule has 0 aromatic carbocycles. The Morgan fingerprint density at radius 1 is 1.18 bits per heavy atom. The van der Waals surface area contributed by atoms with Crippen LogP contribution in [-0.4, -0.2) is 39.9 Å². The topological polar surface area (TPSA) is 36.4 Å². The highest BCUT2D eigenvalue weighted by Gasteiger charge is 1.85. The van der Waals surface area contributed by atoms with Gasteiger partial charge >= 0.3 is 0 Å². The molecule has 0 radical (unpaired) electrons. The van der Waals surface area contributed by atoms with Crippen molar-refractivity contribution in [1.29, 1.82) is 0 Å². The Labute approximate surface area is 69.3 Å². The van der Waals surface area contributed by atoms with Crippen molar-refractivity contribution in [2.75, 3.05) is 33.2 Å². The summed E-state index contributed by atoms with van der Waals surface area (Å²) in [5.41, 5.74) is 0. The summed E-state index contributed by atoms with van der Waals surface area (Å²) < 4.78 is 0. The minimum atomic E-state index is 0.874. The molecule has 0 atom stereocenters. The summed E-state index contributed by atoms with van der Waals surface area (Å²) >= 11 is 0. The van der Waals surface area contributed by atoms with Crippen LogP contribution in [0.1, 0.15) is 12.8 Å². The predicted molar refractivity (Wildman–Crippen MR) is 50.4 cm³/mol. The maximum Gasteiger partial charge on any atom is 0.0394 e. The van der Waals surface area contributed by atoms with Crippen molar-refractivity contribution in [2.24, 2.45) is 4.99 Å². The van der Waals surface area contributed by atoms with Crippen LogP contribution in [0.5, 0.6) is 0 Å². The van der Waals surface area contributed by atoms with Gasteiger partial charge in [0.15, 0.2) is 0 Å². The van der Waals surface area contributed by atoms with E-state index in [1.165, 1.54) is 6.42 Å². The molecule has 0 fully saturated rings. The number of nitrogens with one attached hydrogen (secondary N) is 2. The average Bonchev–Trinajstić information content (AvgIpc) is 2.03. The maximum atomic E-state index is 3.77. The summed E-state index contributed by atoms with van der Waals surface area (Å²) in [5, 5.41) is 6.43. The number of hydrogen-bond donors (Lipinski definition) is 2. The van der Waals surface area contributed by atoms with Gasteiger partial charge in [-0.3, -0.25) is 0 Å². The summed E-state index contributed by atoms with van der Waals surface area (Å²) in [6, 6.07) is 0. The smallest absolute Gasteiger partial charge is 0.0394 e. The first-order valence-corrected chi connectivity index (χ1v) is 4.19. The summed E-state index contributed by atoms with van der Waals surface area (Å²) in [6.45, 7) is 7.54. The molecule has 0 spiro atoms. The van der Waals surface area contributed by atoms with Crippen LogP contribution in [0.4, 0.5) is 0 Å². The molecule has 0 bridgehead atoms. The normalized spacial score (nSPS) is 9.91. The van der Waals surface area contributed by atoms with Crippen LogP contribution in [-0.2, 0) is 0 Å². The molecule has 66 valence electrons. The first-order valence-electron chi connectivity index (χ1n) is 4.19. The summed E-state index contributed by atoms with van der Waals surface area (Å²) in [5.74, 6) is 0.